The van der Waals surface area contributed by atoms with Crippen LogP contribution in [-0.2, 0) is 13.6 Å². The van der Waals surface area contributed by atoms with Crippen LogP contribution in [0.1, 0.15) is 38.2 Å². The minimum atomic E-state index is -0.0394. The van der Waals surface area contributed by atoms with Crippen LogP contribution in [0.25, 0.3) is 22.6 Å². The normalized spacial score (nSPS) is 15.0. The van der Waals surface area contributed by atoms with Gasteiger partial charge in [0.15, 0.2) is 11.5 Å². The van der Waals surface area contributed by atoms with Gasteiger partial charge in [-0.2, -0.15) is 0 Å². The molecule has 0 amide bonds. The Morgan fingerprint density at radius 2 is 1.76 bits per heavy atom. The number of hydrogen-bond donors (Lipinski definition) is 0. The Balaban J connectivity index is 1.44. The summed E-state index contributed by atoms with van der Waals surface area (Å²) in [6.45, 7) is 6.76. The topological polar surface area (TPSA) is 81.7 Å². The number of aromatic nitrogens is 6. The molecule has 0 unspecified atom stereocenters. The van der Waals surface area contributed by atoms with Crippen molar-refractivity contribution in [2.45, 2.75) is 39.2 Å². The van der Waals surface area contributed by atoms with Crippen molar-refractivity contribution < 1.29 is 0 Å². The van der Waals surface area contributed by atoms with Crippen molar-refractivity contribution in [1.29, 1.82) is 0 Å². The smallest absolute Gasteiger partial charge is 0.330 e. The van der Waals surface area contributed by atoms with Crippen LogP contribution >= 0.6 is 0 Å². The van der Waals surface area contributed by atoms with Crippen LogP contribution in [0, 0.1) is 5.92 Å². The van der Waals surface area contributed by atoms with Gasteiger partial charge in [-0.25, -0.2) is 24.7 Å². The molecule has 33 heavy (non-hydrogen) atoms. The summed E-state index contributed by atoms with van der Waals surface area (Å²) in [5, 5.41) is 0. The zero-order valence-electron chi connectivity index (χ0n) is 19.3. The summed E-state index contributed by atoms with van der Waals surface area (Å²) < 4.78 is 3.48. The maximum absolute atomic E-state index is 13.1. The van der Waals surface area contributed by atoms with Gasteiger partial charge in [-0.05, 0) is 36.3 Å². The van der Waals surface area contributed by atoms with Gasteiger partial charge in [0.1, 0.15) is 5.52 Å². The number of fused-ring (bicyclic) bond motifs is 1. The maximum atomic E-state index is 13.1. The number of hydrogen-bond acceptors (Lipinski definition) is 6. The predicted octanol–water partition coefficient (Wildman–Crippen LogP) is 3.63. The van der Waals surface area contributed by atoms with E-state index in [9.17, 15) is 4.79 Å². The lowest BCUT2D eigenvalue weighted by molar-refractivity contribution is 0.353. The molecule has 5 rings (SSSR count). The number of aryl methyl sites for hydroxylation is 1. The first-order chi connectivity index (χ1) is 16.0. The van der Waals surface area contributed by atoms with Crippen molar-refractivity contribution in [1.82, 2.24) is 29.1 Å². The molecule has 8 nitrogen and oxygen atoms in total. The fourth-order valence-corrected chi connectivity index (χ4v) is 4.70. The predicted molar refractivity (Wildman–Crippen MR) is 129 cm³/mol. The van der Waals surface area contributed by atoms with Gasteiger partial charge in [0.05, 0.1) is 6.20 Å². The molecule has 1 aliphatic rings. The lowest BCUT2D eigenvalue weighted by atomic mass is 9.96. The highest BCUT2D eigenvalue weighted by molar-refractivity contribution is 5.74. The number of imidazole rings is 1. The highest BCUT2D eigenvalue weighted by atomic mass is 16.1. The Labute approximate surface area is 193 Å². The fourth-order valence-electron chi connectivity index (χ4n) is 4.70. The van der Waals surface area contributed by atoms with Gasteiger partial charge in [-0.3, -0.25) is 9.13 Å². The minimum Gasteiger partial charge on any atom is -0.341 e. The van der Waals surface area contributed by atoms with Crippen LogP contribution in [0.3, 0.4) is 0 Å². The Hall–Kier alpha value is -3.55. The average Bonchev–Trinajstić information content (AvgIpc) is 3.09. The lowest BCUT2D eigenvalue weighted by Gasteiger charge is -2.31. The quantitative estimate of drug-likeness (QED) is 0.469. The van der Waals surface area contributed by atoms with E-state index >= 15 is 0 Å². The summed E-state index contributed by atoms with van der Waals surface area (Å²) in [5.41, 5.74) is 3.66. The zero-order chi connectivity index (χ0) is 22.9. The van der Waals surface area contributed by atoms with Gasteiger partial charge in [-0.1, -0.05) is 38.1 Å². The van der Waals surface area contributed by atoms with Gasteiger partial charge in [-0.15, -0.1) is 0 Å². The van der Waals surface area contributed by atoms with E-state index in [1.165, 1.54) is 5.56 Å². The Morgan fingerprint density at radius 3 is 2.48 bits per heavy atom. The fraction of sp³-hybridized carbons (Fsp3) is 0.400. The largest absolute Gasteiger partial charge is 0.341 e. The highest BCUT2D eigenvalue weighted by Gasteiger charge is 2.24. The molecular formula is C25H29N7O. The van der Waals surface area contributed by atoms with Crippen molar-refractivity contribution in [2.75, 3.05) is 18.0 Å². The van der Waals surface area contributed by atoms with E-state index in [-0.39, 0.29) is 5.69 Å². The zero-order valence-corrected chi connectivity index (χ0v) is 19.3. The number of benzene rings is 1. The molecule has 4 heterocycles. The van der Waals surface area contributed by atoms with Crippen LogP contribution < -0.4 is 10.6 Å². The van der Waals surface area contributed by atoms with Gasteiger partial charge < -0.3 is 4.90 Å². The Morgan fingerprint density at radius 1 is 1.03 bits per heavy atom. The molecule has 1 saturated heterocycles. The van der Waals surface area contributed by atoms with Crippen LogP contribution in [-0.4, -0.2) is 42.2 Å². The Bertz CT molecular complexity index is 1320. The lowest BCUT2D eigenvalue weighted by Crippen LogP contribution is -2.37. The molecular weight excluding hydrogens is 414 g/mol. The van der Waals surface area contributed by atoms with Crippen LogP contribution in [0.5, 0.6) is 0 Å². The summed E-state index contributed by atoms with van der Waals surface area (Å²) in [6.07, 6.45) is 7.30. The second-order valence-corrected chi connectivity index (χ2v) is 9.08. The molecule has 0 radical (unpaired) electrons. The first-order valence-corrected chi connectivity index (χ1v) is 11.6. The van der Waals surface area contributed by atoms with Crippen LogP contribution in [0.15, 0.2) is 53.7 Å². The average molecular weight is 444 g/mol. The van der Waals surface area contributed by atoms with Crippen LogP contribution in [0.2, 0.25) is 0 Å². The second kappa shape index (κ2) is 8.77. The first-order valence-electron chi connectivity index (χ1n) is 11.6. The number of rotatable bonds is 5. The molecule has 3 aromatic heterocycles. The Kier molecular flexibility index (Phi) is 5.66. The number of anilines is 1. The second-order valence-electron chi connectivity index (χ2n) is 9.08. The SMILES string of the molecule is CC(C)c1ccccc1-c1ncc2c(n1)n(CC1CCN(c3ncccn3)CC1)c(=O)n2C. The van der Waals surface area contributed by atoms with E-state index in [4.69, 9.17) is 4.98 Å². The van der Waals surface area contributed by atoms with Crippen LogP contribution in [0.4, 0.5) is 5.95 Å². The monoisotopic (exact) mass is 443 g/mol. The molecule has 0 bridgehead atoms. The maximum Gasteiger partial charge on any atom is 0.330 e. The standard InChI is InChI=1S/C25H29N7O/c1-17(2)19-7-4-5-8-20(19)22-28-15-21-23(29-22)32(25(33)30(21)3)16-18-9-13-31(14-10-18)24-26-11-6-12-27-24/h4-8,11-12,15,17-18H,9-10,13-14,16H2,1-3H3. The summed E-state index contributed by atoms with van der Waals surface area (Å²) in [5.74, 6) is 2.20. The van der Waals surface area contributed by atoms with Crippen molar-refractivity contribution in [2.24, 2.45) is 13.0 Å². The highest BCUT2D eigenvalue weighted by Crippen LogP contribution is 2.28. The van der Waals surface area contributed by atoms with E-state index in [0.29, 0.717) is 29.9 Å². The molecule has 1 aliphatic heterocycles. The molecule has 4 aromatic rings. The molecule has 0 spiro atoms. The number of nitrogens with zero attached hydrogens (tertiary/aromatic N) is 7. The van der Waals surface area contributed by atoms with Crippen molar-refractivity contribution in [3.05, 3.63) is 65.0 Å². The van der Waals surface area contributed by atoms with Gasteiger partial charge in [0.2, 0.25) is 5.95 Å². The van der Waals surface area contributed by atoms with Crippen molar-refractivity contribution >= 4 is 17.1 Å². The summed E-state index contributed by atoms with van der Waals surface area (Å²) in [7, 11) is 1.79. The summed E-state index contributed by atoms with van der Waals surface area (Å²) in [4.78, 5) is 33.6. The third-order valence-electron chi connectivity index (χ3n) is 6.60. The van der Waals surface area contributed by atoms with E-state index in [1.807, 2.05) is 22.8 Å². The molecule has 0 aliphatic carbocycles. The molecule has 0 N–H and O–H groups in total. The first kappa shape index (κ1) is 21.3. The molecule has 0 saturated carbocycles. The van der Waals surface area contributed by atoms with E-state index in [1.54, 1.807) is 30.2 Å². The van der Waals surface area contributed by atoms with E-state index in [0.717, 1.165) is 43.0 Å². The molecule has 8 heteroatoms. The molecule has 170 valence electrons. The van der Waals surface area contributed by atoms with Gasteiger partial charge in [0, 0.05) is 44.6 Å². The third kappa shape index (κ3) is 4.01. The summed E-state index contributed by atoms with van der Waals surface area (Å²) >= 11 is 0. The molecule has 0 atom stereocenters. The van der Waals surface area contributed by atoms with E-state index in [2.05, 4.69) is 45.8 Å². The number of piperidine rings is 1. The van der Waals surface area contributed by atoms with Crippen molar-refractivity contribution in [3.63, 3.8) is 0 Å². The third-order valence-corrected chi connectivity index (χ3v) is 6.60. The van der Waals surface area contributed by atoms with Gasteiger partial charge >= 0.3 is 5.69 Å². The van der Waals surface area contributed by atoms with E-state index < -0.39 is 0 Å². The minimum absolute atomic E-state index is 0.0394. The van der Waals surface area contributed by atoms with Crippen molar-refractivity contribution in [3.8, 4) is 11.4 Å². The van der Waals surface area contributed by atoms with Gasteiger partial charge in [0.25, 0.3) is 0 Å². The summed E-state index contributed by atoms with van der Waals surface area (Å²) in [6, 6.07) is 10.1. The molecule has 1 aromatic carbocycles. The molecule has 1 fully saturated rings.